The van der Waals surface area contributed by atoms with Crippen LogP contribution >= 0.6 is 0 Å². The second kappa shape index (κ2) is 9.44. The number of aromatic nitrogens is 2. The Balaban J connectivity index is 1.34. The lowest BCUT2D eigenvalue weighted by atomic mass is 10.1. The molecule has 0 fully saturated rings. The van der Waals surface area contributed by atoms with Crippen molar-refractivity contribution in [2.45, 2.75) is 13.0 Å². The number of anilines is 1. The van der Waals surface area contributed by atoms with Crippen LogP contribution in [0.15, 0.2) is 72.9 Å². The molecular formula is C21H24N4O. The number of nitrogens with zero attached hydrogens (tertiary/aromatic N) is 1. The van der Waals surface area contributed by atoms with Gasteiger partial charge in [-0.2, -0.15) is 5.10 Å². The minimum atomic E-state index is 0.651. The van der Waals surface area contributed by atoms with Gasteiger partial charge in [-0.1, -0.05) is 36.4 Å². The highest BCUT2D eigenvalue weighted by molar-refractivity contribution is 5.60. The molecule has 0 unspecified atom stereocenters. The summed E-state index contributed by atoms with van der Waals surface area (Å²) in [6.07, 6.45) is 6.87. The van der Waals surface area contributed by atoms with Crippen molar-refractivity contribution in [3.05, 3.63) is 78.5 Å². The van der Waals surface area contributed by atoms with E-state index in [4.69, 9.17) is 10.5 Å². The van der Waals surface area contributed by atoms with E-state index in [2.05, 4.69) is 33.7 Å². The molecule has 0 spiro atoms. The largest absolute Gasteiger partial charge is 0.493 e. The van der Waals surface area contributed by atoms with Crippen LogP contribution in [0.5, 0.6) is 5.75 Å². The average molecular weight is 348 g/mol. The van der Waals surface area contributed by atoms with Crippen molar-refractivity contribution in [3.63, 3.8) is 0 Å². The zero-order valence-electron chi connectivity index (χ0n) is 14.7. The van der Waals surface area contributed by atoms with Gasteiger partial charge in [0.05, 0.1) is 12.3 Å². The molecule has 1 heterocycles. The van der Waals surface area contributed by atoms with Crippen molar-refractivity contribution in [2.24, 2.45) is 0 Å². The lowest BCUT2D eigenvalue weighted by Gasteiger charge is -2.06. The van der Waals surface area contributed by atoms with Gasteiger partial charge in [0.25, 0.3) is 0 Å². The molecule has 0 aliphatic carbocycles. The highest BCUT2D eigenvalue weighted by atomic mass is 16.5. The third-order valence-corrected chi connectivity index (χ3v) is 3.91. The highest BCUT2D eigenvalue weighted by Gasteiger charge is 2.00. The summed E-state index contributed by atoms with van der Waals surface area (Å²) in [6.45, 7) is 2.29. The summed E-state index contributed by atoms with van der Waals surface area (Å²) in [6, 6.07) is 17.9. The van der Waals surface area contributed by atoms with E-state index in [0.29, 0.717) is 6.61 Å². The number of hydrogen-bond donors (Lipinski definition) is 3. The van der Waals surface area contributed by atoms with Crippen LogP contribution in [-0.4, -0.2) is 23.3 Å². The fraction of sp³-hybridized carbons (Fsp3) is 0.190. The predicted octanol–water partition coefficient (Wildman–Crippen LogP) is 3.77. The Kier molecular flexibility index (Phi) is 6.45. The van der Waals surface area contributed by atoms with Crippen molar-refractivity contribution < 1.29 is 4.74 Å². The second-order valence-electron chi connectivity index (χ2n) is 5.98. The van der Waals surface area contributed by atoms with Gasteiger partial charge in [0.1, 0.15) is 5.75 Å². The number of nitrogen functional groups attached to an aromatic ring is 1. The van der Waals surface area contributed by atoms with E-state index in [0.717, 1.165) is 42.2 Å². The first-order valence-electron chi connectivity index (χ1n) is 8.74. The van der Waals surface area contributed by atoms with Crippen LogP contribution in [-0.2, 0) is 6.54 Å². The molecule has 5 nitrogen and oxygen atoms in total. The second-order valence-corrected chi connectivity index (χ2v) is 5.98. The van der Waals surface area contributed by atoms with Gasteiger partial charge in [-0.15, -0.1) is 0 Å². The zero-order chi connectivity index (χ0) is 18.0. The first kappa shape index (κ1) is 17.8. The molecule has 5 heteroatoms. The Hall–Kier alpha value is -3.05. The van der Waals surface area contributed by atoms with E-state index in [1.54, 1.807) is 6.20 Å². The van der Waals surface area contributed by atoms with Crippen LogP contribution in [0.3, 0.4) is 0 Å². The molecule has 134 valence electrons. The molecule has 4 N–H and O–H groups in total. The summed E-state index contributed by atoms with van der Waals surface area (Å²) in [7, 11) is 0. The summed E-state index contributed by atoms with van der Waals surface area (Å²) in [5.74, 6) is 0.866. The molecule has 3 rings (SSSR count). The van der Waals surface area contributed by atoms with E-state index in [-0.39, 0.29) is 0 Å². The van der Waals surface area contributed by atoms with Crippen LogP contribution in [0.25, 0.3) is 11.3 Å². The van der Waals surface area contributed by atoms with Crippen LogP contribution in [0.2, 0.25) is 0 Å². The van der Waals surface area contributed by atoms with Crippen molar-refractivity contribution in [2.75, 3.05) is 18.9 Å². The van der Waals surface area contributed by atoms with Crippen molar-refractivity contribution in [1.29, 1.82) is 0 Å². The maximum Gasteiger partial charge on any atom is 0.119 e. The van der Waals surface area contributed by atoms with E-state index < -0.39 is 0 Å². The third kappa shape index (κ3) is 5.50. The molecule has 3 aromatic rings. The topological polar surface area (TPSA) is 76.0 Å². The quantitative estimate of drug-likeness (QED) is 0.312. The summed E-state index contributed by atoms with van der Waals surface area (Å²) in [5.41, 5.74) is 9.82. The van der Waals surface area contributed by atoms with Gasteiger partial charge >= 0.3 is 0 Å². The molecular weight excluding hydrogens is 324 g/mol. The lowest BCUT2D eigenvalue weighted by molar-refractivity contribution is 0.325. The molecule has 1 aromatic heterocycles. The molecule has 0 bridgehead atoms. The predicted molar refractivity (Wildman–Crippen MR) is 106 cm³/mol. The molecule has 2 aromatic carbocycles. The average Bonchev–Trinajstić information content (AvgIpc) is 3.19. The fourth-order valence-electron chi connectivity index (χ4n) is 2.62. The first-order chi connectivity index (χ1) is 12.8. The first-order valence-corrected chi connectivity index (χ1v) is 8.74. The summed E-state index contributed by atoms with van der Waals surface area (Å²) in [5, 5.41) is 10.3. The zero-order valence-corrected chi connectivity index (χ0v) is 14.7. The normalized spacial score (nSPS) is 11.1. The SMILES string of the molecule is Nc1cccc(CNC/C=C\CCOc2cccc(-c3ccn[nH]3)c2)c1. The number of ether oxygens (including phenoxy) is 1. The summed E-state index contributed by atoms with van der Waals surface area (Å²) < 4.78 is 5.81. The fourth-order valence-corrected chi connectivity index (χ4v) is 2.62. The van der Waals surface area contributed by atoms with Crippen LogP contribution in [0.1, 0.15) is 12.0 Å². The number of benzene rings is 2. The maximum absolute atomic E-state index is 5.81. The summed E-state index contributed by atoms with van der Waals surface area (Å²) in [4.78, 5) is 0. The van der Waals surface area contributed by atoms with E-state index in [9.17, 15) is 0 Å². The number of rotatable bonds is 9. The van der Waals surface area contributed by atoms with Crippen molar-refractivity contribution >= 4 is 5.69 Å². The monoisotopic (exact) mass is 348 g/mol. The molecule has 0 saturated carbocycles. The Morgan fingerprint density at radius 3 is 2.85 bits per heavy atom. The highest BCUT2D eigenvalue weighted by Crippen LogP contribution is 2.21. The minimum absolute atomic E-state index is 0.651. The Morgan fingerprint density at radius 2 is 2.00 bits per heavy atom. The van der Waals surface area contributed by atoms with Gasteiger partial charge in [-0.05, 0) is 42.3 Å². The molecule has 26 heavy (non-hydrogen) atoms. The van der Waals surface area contributed by atoms with E-state index in [1.165, 1.54) is 5.56 Å². The molecule has 0 aliphatic heterocycles. The van der Waals surface area contributed by atoms with Gasteiger partial charge in [-0.25, -0.2) is 0 Å². The van der Waals surface area contributed by atoms with Gasteiger partial charge in [-0.3, -0.25) is 5.10 Å². The molecule has 0 amide bonds. The third-order valence-electron chi connectivity index (χ3n) is 3.91. The Labute approximate surface area is 153 Å². The number of aromatic amines is 1. The molecule has 0 radical (unpaired) electrons. The van der Waals surface area contributed by atoms with Gasteiger partial charge < -0.3 is 15.8 Å². The minimum Gasteiger partial charge on any atom is -0.493 e. The molecule has 0 saturated heterocycles. The molecule has 0 aliphatic rings. The lowest BCUT2D eigenvalue weighted by Crippen LogP contribution is -2.12. The van der Waals surface area contributed by atoms with E-state index in [1.807, 2.05) is 48.5 Å². The summed E-state index contributed by atoms with van der Waals surface area (Å²) >= 11 is 0. The van der Waals surface area contributed by atoms with Crippen molar-refractivity contribution in [3.8, 4) is 17.0 Å². The smallest absolute Gasteiger partial charge is 0.119 e. The van der Waals surface area contributed by atoms with Crippen LogP contribution in [0, 0.1) is 0 Å². The maximum atomic E-state index is 5.81. The Bertz CT molecular complexity index is 828. The van der Waals surface area contributed by atoms with E-state index >= 15 is 0 Å². The van der Waals surface area contributed by atoms with Gasteiger partial charge in [0.15, 0.2) is 0 Å². The number of hydrogen-bond acceptors (Lipinski definition) is 4. The standard InChI is InChI=1S/C21H24N4O/c22-19-8-4-6-17(14-19)16-23-11-2-1-3-13-26-20-9-5-7-18(15-20)21-10-12-24-25-21/h1-2,4-10,12,14-15,23H,3,11,13,16,22H2,(H,24,25)/b2-1-. The number of H-pyrrole nitrogens is 1. The molecule has 0 atom stereocenters. The number of nitrogens with one attached hydrogen (secondary N) is 2. The van der Waals surface area contributed by atoms with Crippen LogP contribution in [0.4, 0.5) is 5.69 Å². The van der Waals surface area contributed by atoms with Gasteiger partial charge in [0.2, 0.25) is 0 Å². The number of nitrogens with two attached hydrogens (primary N) is 1. The van der Waals surface area contributed by atoms with Gasteiger partial charge in [0, 0.05) is 30.5 Å². The van der Waals surface area contributed by atoms with Crippen LogP contribution < -0.4 is 15.8 Å². The Morgan fingerprint density at radius 1 is 1.08 bits per heavy atom. The van der Waals surface area contributed by atoms with Crippen molar-refractivity contribution in [1.82, 2.24) is 15.5 Å².